The molecule has 0 aromatic rings. The minimum Gasteiger partial charge on any atom is -0.459 e. The van der Waals surface area contributed by atoms with Gasteiger partial charge in [-0.1, -0.05) is 6.92 Å². The predicted octanol–water partition coefficient (Wildman–Crippen LogP) is -0.371. The lowest BCUT2D eigenvalue weighted by atomic mass is 10.0. The maximum absolute atomic E-state index is 10.9. The fourth-order valence-corrected chi connectivity index (χ4v) is 1.84. The van der Waals surface area contributed by atoms with Gasteiger partial charge in [-0.25, -0.2) is 0 Å². The van der Waals surface area contributed by atoms with Crippen LogP contribution in [0.1, 0.15) is 13.3 Å². The van der Waals surface area contributed by atoms with Crippen molar-refractivity contribution in [3.63, 3.8) is 0 Å². The van der Waals surface area contributed by atoms with Crippen LogP contribution >= 0.6 is 0 Å². The molecule has 1 N–H and O–H groups in total. The van der Waals surface area contributed by atoms with Crippen LogP contribution in [0.2, 0.25) is 0 Å². The molecule has 0 aliphatic carbocycles. The second-order valence-corrected chi connectivity index (χ2v) is 3.36. The van der Waals surface area contributed by atoms with E-state index in [-0.39, 0.29) is 30.9 Å². The van der Waals surface area contributed by atoms with Gasteiger partial charge in [-0.2, -0.15) is 0 Å². The Morgan fingerprint density at radius 1 is 1.69 bits per heavy atom. The van der Waals surface area contributed by atoms with Crippen LogP contribution in [0.15, 0.2) is 0 Å². The summed E-state index contributed by atoms with van der Waals surface area (Å²) >= 11 is 0. The van der Waals surface area contributed by atoms with Gasteiger partial charge in [-0.15, -0.1) is 0 Å². The van der Waals surface area contributed by atoms with Crippen molar-refractivity contribution in [3.8, 4) is 0 Å². The van der Waals surface area contributed by atoms with Crippen LogP contribution < -0.4 is 0 Å². The average Bonchev–Trinajstić information content (AvgIpc) is 2.54. The first-order valence-electron chi connectivity index (χ1n) is 4.30. The zero-order valence-electron chi connectivity index (χ0n) is 7.30. The van der Waals surface area contributed by atoms with E-state index >= 15 is 0 Å². The zero-order valence-corrected chi connectivity index (χ0v) is 7.30. The minimum absolute atomic E-state index is 0.0106. The van der Waals surface area contributed by atoms with E-state index in [0.717, 1.165) is 0 Å². The first kappa shape index (κ1) is 8.93. The zero-order chi connectivity index (χ0) is 9.42. The van der Waals surface area contributed by atoms with Crippen LogP contribution in [0.25, 0.3) is 0 Å². The molecule has 0 aromatic carbocycles. The Labute approximate surface area is 75.6 Å². The number of esters is 1. The third-order valence-electron chi connectivity index (χ3n) is 2.50. The van der Waals surface area contributed by atoms with Crippen molar-refractivity contribution >= 4 is 5.97 Å². The van der Waals surface area contributed by atoms with Gasteiger partial charge < -0.3 is 19.3 Å². The summed E-state index contributed by atoms with van der Waals surface area (Å²) in [7, 11) is 0. The van der Waals surface area contributed by atoms with E-state index in [2.05, 4.69) is 0 Å². The molecule has 0 aromatic heterocycles. The molecular formula is C8H12O5. The summed E-state index contributed by atoms with van der Waals surface area (Å²) in [6.45, 7) is 1.51. The highest BCUT2D eigenvalue weighted by Gasteiger charge is 2.49. The van der Waals surface area contributed by atoms with E-state index in [9.17, 15) is 4.79 Å². The lowest BCUT2D eigenvalue weighted by Gasteiger charge is -2.16. The number of aliphatic hydroxyl groups is 1. The molecule has 0 radical (unpaired) electrons. The number of hydrogen-bond acceptors (Lipinski definition) is 5. The van der Waals surface area contributed by atoms with Gasteiger partial charge >= 0.3 is 5.97 Å². The summed E-state index contributed by atoms with van der Waals surface area (Å²) < 4.78 is 15.4. The summed E-state index contributed by atoms with van der Waals surface area (Å²) in [5, 5.41) is 8.55. The van der Waals surface area contributed by atoms with Crippen molar-refractivity contribution in [2.75, 3.05) is 6.79 Å². The van der Waals surface area contributed by atoms with Gasteiger partial charge in [0.05, 0.1) is 6.42 Å². The molecule has 0 spiro atoms. The topological polar surface area (TPSA) is 65.0 Å². The van der Waals surface area contributed by atoms with Crippen LogP contribution in [0.4, 0.5) is 0 Å². The molecule has 2 rings (SSSR count). The minimum atomic E-state index is -0.451. The normalized spacial score (nSPS) is 43.4. The molecule has 74 valence electrons. The Balaban J connectivity index is 2.00. The Morgan fingerprint density at radius 2 is 2.46 bits per heavy atom. The van der Waals surface area contributed by atoms with Gasteiger partial charge in [-0.3, -0.25) is 4.79 Å². The quantitative estimate of drug-likeness (QED) is 0.473. The maximum Gasteiger partial charge on any atom is 0.308 e. The highest BCUT2D eigenvalue weighted by molar-refractivity contribution is 5.72. The van der Waals surface area contributed by atoms with Gasteiger partial charge in [0.1, 0.15) is 19.0 Å². The lowest BCUT2D eigenvalue weighted by molar-refractivity contribution is -0.187. The van der Waals surface area contributed by atoms with Gasteiger partial charge in [0.25, 0.3) is 0 Å². The number of rotatable bonds is 2. The second-order valence-electron chi connectivity index (χ2n) is 3.36. The molecule has 2 aliphatic heterocycles. The van der Waals surface area contributed by atoms with Crippen molar-refractivity contribution < 1.29 is 24.1 Å². The summed E-state index contributed by atoms with van der Waals surface area (Å²) in [6.07, 6.45) is -0.559. The SMILES string of the molecule is CC1C(OCO)OC2CC(=O)OC21. The number of carbonyl (C=O) groups is 1. The molecule has 5 heteroatoms. The Morgan fingerprint density at radius 3 is 3.08 bits per heavy atom. The highest BCUT2D eigenvalue weighted by atomic mass is 16.7. The highest BCUT2D eigenvalue weighted by Crippen LogP contribution is 2.35. The first-order chi connectivity index (χ1) is 6.22. The van der Waals surface area contributed by atoms with Crippen LogP contribution in [0, 0.1) is 5.92 Å². The van der Waals surface area contributed by atoms with Crippen molar-refractivity contribution in [1.29, 1.82) is 0 Å². The fourth-order valence-electron chi connectivity index (χ4n) is 1.84. The third kappa shape index (κ3) is 1.43. The second kappa shape index (κ2) is 3.25. The molecule has 0 saturated carbocycles. The third-order valence-corrected chi connectivity index (χ3v) is 2.50. The smallest absolute Gasteiger partial charge is 0.308 e. The molecule has 4 unspecified atom stereocenters. The molecule has 2 aliphatic rings. The van der Waals surface area contributed by atoms with Gasteiger partial charge in [0.2, 0.25) is 0 Å². The Bertz CT molecular complexity index is 217. The van der Waals surface area contributed by atoms with Crippen molar-refractivity contribution in [2.45, 2.75) is 31.8 Å². The van der Waals surface area contributed by atoms with E-state index in [1.54, 1.807) is 0 Å². The van der Waals surface area contributed by atoms with Crippen molar-refractivity contribution in [3.05, 3.63) is 0 Å². The number of carbonyl (C=O) groups excluding carboxylic acids is 1. The molecule has 0 amide bonds. The lowest BCUT2D eigenvalue weighted by Crippen LogP contribution is -2.25. The molecule has 4 atom stereocenters. The fraction of sp³-hybridized carbons (Fsp3) is 0.875. The maximum atomic E-state index is 10.9. The number of aliphatic hydroxyl groups excluding tert-OH is 1. The first-order valence-corrected chi connectivity index (χ1v) is 4.30. The number of fused-ring (bicyclic) bond motifs is 1. The van der Waals surface area contributed by atoms with Gasteiger partial charge in [0.15, 0.2) is 6.29 Å². The Hall–Kier alpha value is -0.650. The molecule has 13 heavy (non-hydrogen) atoms. The van der Waals surface area contributed by atoms with Crippen LogP contribution in [0.5, 0.6) is 0 Å². The van der Waals surface area contributed by atoms with E-state index in [1.807, 2.05) is 6.92 Å². The van der Waals surface area contributed by atoms with Crippen molar-refractivity contribution in [1.82, 2.24) is 0 Å². The van der Waals surface area contributed by atoms with Crippen LogP contribution in [0.3, 0.4) is 0 Å². The molecule has 2 heterocycles. The summed E-state index contributed by atoms with van der Waals surface area (Å²) in [4.78, 5) is 10.9. The van der Waals surface area contributed by atoms with E-state index in [4.69, 9.17) is 19.3 Å². The van der Waals surface area contributed by atoms with Gasteiger partial charge in [-0.05, 0) is 0 Å². The summed E-state index contributed by atoms with van der Waals surface area (Å²) in [6, 6.07) is 0. The van der Waals surface area contributed by atoms with Crippen LogP contribution in [-0.4, -0.2) is 36.4 Å². The monoisotopic (exact) mass is 188 g/mol. The van der Waals surface area contributed by atoms with E-state index < -0.39 is 6.29 Å². The molecule has 2 saturated heterocycles. The summed E-state index contributed by atoms with van der Waals surface area (Å²) in [5.74, 6) is -0.229. The van der Waals surface area contributed by atoms with E-state index in [1.165, 1.54) is 0 Å². The van der Waals surface area contributed by atoms with Crippen LogP contribution in [-0.2, 0) is 19.0 Å². The summed E-state index contributed by atoms with van der Waals surface area (Å²) in [5.41, 5.74) is 0. The number of hydrogen-bond donors (Lipinski definition) is 1. The van der Waals surface area contributed by atoms with Crippen molar-refractivity contribution in [2.24, 2.45) is 5.92 Å². The largest absolute Gasteiger partial charge is 0.459 e. The van der Waals surface area contributed by atoms with E-state index in [0.29, 0.717) is 6.42 Å². The molecular weight excluding hydrogens is 176 g/mol. The molecule has 2 fully saturated rings. The predicted molar refractivity (Wildman–Crippen MR) is 40.5 cm³/mol. The Kier molecular flexibility index (Phi) is 2.23. The van der Waals surface area contributed by atoms with Gasteiger partial charge in [0, 0.05) is 5.92 Å². The standard InChI is InChI=1S/C8H12O5/c1-4-7-5(2-6(10)13-7)12-8(4)11-3-9/h4-5,7-9H,2-3H2,1H3. The molecule has 5 nitrogen and oxygen atoms in total. The number of ether oxygens (including phenoxy) is 3. The average molecular weight is 188 g/mol. The molecule has 0 bridgehead atoms.